The summed E-state index contributed by atoms with van der Waals surface area (Å²) in [6.45, 7) is 1.98. The van der Waals surface area contributed by atoms with Crippen LogP contribution in [-0.2, 0) is 40.3 Å². The number of hydrogen-bond donors (Lipinski definition) is 2. The van der Waals surface area contributed by atoms with Gasteiger partial charge in [0.1, 0.15) is 31.0 Å². The summed E-state index contributed by atoms with van der Waals surface area (Å²) >= 11 is 12.2. The third-order valence-electron chi connectivity index (χ3n) is 10.0. The Labute approximate surface area is 351 Å². The molecule has 0 saturated carbocycles. The Morgan fingerprint density at radius 1 is 0.898 bits per heavy atom. The number of nitriles is 1. The highest BCUT2D eigenvalue weighted by Gasteiger charge is 2.38. The molecule has 2 heterocycles. The van der Waals surface area contributed by atoms with Crippen molar-refractivity contribution < 1.29 is 38.4 Å². The Kier molecular flexibility index (Phi) is 12.6. The fourth-order valence-electron chi connectivity index (χ4n) is 6.84. The van der Waals surface area contributed by atoms with Gasteiger partial charge in [-0.15, -0.1) is 5.92 Å². The van der Waals surface area contributed by atoms with Gasteiger partial charge in [0, 0.05) is 12.8 Å². The van der Waals surface area contributed by atoms with Crippen LogP contribution in [-0.4, -0.2) is 53.3 Å². The van der Waals surface area contributed by atoms with Gasteiger partial charge in [0.15, 0.2) is 24.2 Å². The molecule has 13 heteroatoms. The van der Waals surface area contributed by atoms with Gasteiger partial charge in [0.05, 0.1) is 28.2 Å². The van der Waals surface area contributed by atoms with Crippen LogP contribution in [0.2, 0.25) is 10.0 Å². The first kappa shape index (κ1) is 40.5. The predicted octanol–water partition coefficient (Wildman–Crippen LogP) is 8.32. The minimum atomic E-state index is -1.28. The lowest BCUT2D eigenvalue weighted by molar-refractivity contribution is -0.142. The van der Waals surface area contributed by atoms with Crippen molar-refractivity contribution in [2.75, 3.05) is 13.2 Å². The van der Waals surface area contributed by atoms with E-state index < -0.39 is 36.2 Å². The summed E-state index contributed by atoms with van der Waals surface area (Å²) in [5.41, 5.74) is 6.24. The Balaban J connectivity index is 1.04. The molecule has 11 nitrogen and oxygen atoms in total. The molecule has 2 amide bonds. The van der Waals surface area contributed by atoms with E-state index in [0.29, 0.717) is 45.0 Å². The van der Waals surface area contributed by atoms with Crippen LogP contribution in [0.5, 0.6) is 17.2 Å². The Bertz CT molecular complexity index is 2470. The fraction of sp³-hybridized carbons (Fsp3) is 0.217. The van der Waals surface area contributed by atoms with E-state index in [2.05, 4.69) is 23.2 Å². The quantitative estimate of drug-likeness (QED) is 0.126. The van der Waals surface area contributed by atoms with Crippen LogP contribution in [0.1, 0.15) is 46.4 Å². The van der Waals surface area contributed by atoms with Crippen LogP contribution in [0, 0.1) is 23.2 Å². The Morgan fingerprint density at radius 3 is 2.27 bits per heavy atom. The number of carboxylic acids is 1. The summed E-state index contributed by atoms with van der Waals surface area (Å²) in [6.07, 6.45) is -1.12. The number of amides is 2. The second-order valence-electron chi connectivity index (χ2n) is 13.9. The second kappa shape index (κ2) is 18.3. The van der Waals surface area contributed by atoms with Gasteiger partial charge in [-0.3, -0.25) is 9.69 Å². The standard InChI is InChI=1S/C46H37Cl2N3O8/c1-2-3-18-56-46(55)51-25-35-23-42-41(58-27-43(59-42)33-13-15-36(16-14-33)57-26-30-8-17-37(47)38(48)19-30)22-34(35)21-40(51)44(52)50-39(45(53)54)20-28-4-9-31(10-5-28)32-11-6-29(24-49)7-12-32/h4-17,19,22-23,39-40,43H,18,20-21,25-27H2,1H3,(H,50,52)(H,53,54)/t39-,40?,43?/m0/s1. The summed E-state index contributed by atoms with van der Waals surface area (Å²) in [4.78, 5) is 41.1. The van der Waals surface area contributed by atoms with Crippen molar-refractivity contribution in [3.05, 3.63) is 147 Å². The number of benzene rings is 5. The number of fused-ring (bicyclic) bond motifs is 2. The number of nitrogens with zero attached hydrogens (tertiary/aromatic N) is 2. The molecule has 7 rings (SSSR count). The molecule has 2 aliphatic heterocycles. The van der Waals surface area contributed by atoms with Crippen molar-refractivity contribution in [3.8, 4) is 46.3 Å². The maximum Gasteiger partial charge on any atom is 0.411 e. The zero-order valence-corrected chi connectivity index (χ0v) is 33.3. The number of halogens is 2. The van der Waals surface area contributed by atoms with Crippen LogP contribution in [0.4, 0.5) is 4.79 Å². The van der Waals surface area contributed by atoms with Gasteiger partial charge < -0.3 is 29.4 Å². The topological polar surface area (TPSA) is 147 Å². The number of hydrogen-bond acceptors (Lipinski definition) is 8. The Morgan fingerprint density at radius 2 is 1.59 bits per heavy atom. The number of carboxylic acid groups (broad SMARTS) is 1. The molecule has 0 aromatic heterocycles. The number of carbonyl (C=O) groups excluding carboxylic acids is 2. The van der Waals surface area contributed by atoms with Crippen molar-refractivity contribution in [2.24, 2.45) is 0 Å². The maximum atomic E-state index is 14.0. The Hall–Kier alpha value is -6.66. The van der Waals surface area contributed by atoms with E-state index >= 15 is 0 Å². The van der Waals surface area contributed by atoms with E-state index in [9.17, 15) is 19.5 Å². The number of nitrogens with one attached hydrogen (secondary N) is 1. The highest BCUT2D eigenvalue weighted by atomic mass is 35.5. The number of carbonyl (C=O) groups is 3. The van der Waals surface area contributed by atoms with E-state index in [0.717, 1.165) is 33.4 Å². The molecular formula is C46H37Cl2N3O8. The number of ether oxygens (including phenoxy) is 4. The molecule has 0 radical (unpaired) electrons. The minimum absolute atomic E-state index is 0.00288. The SMILES string of the molecule is CC#CCOC(=O)N1Cc2cc3c(cc2CC1C(=O)N[C@@H](Cc1ccc(-c2ccc(C#N)cc2)cc1)C(=O)O)OCC(c1ccc(OCc2ccc(Cl)c(Cl)c2)cc1)O3. The van der Waals surface area contributed by atoms with Gasteiger partial charge >= 0.3 is 12.1 Å². The molecule has 59 heavy (non-hydrogen) atoms. The predicted molar refractivity (Wildman–Crippen MR) is 220 cm³/mol. The summed E-state index contributed by atoms with van der Waals surface area (Å²) in [6, 6.07) is 30.6. The van der Waals surface area contributed by atoms with E-state index in [-0.39, 0.29) is 32.6 Å². The fourth-order valence-corrected chi connectivity index (χ4v) is 7.16. The zero-order valence-electron chi connectivity index (χ0n) is 31.7. The van der Waals surface area contributed by atoms with Crippen LogP contribution in [0.15, 0.2) is 103 Å². The molecular weight excluding hydrogens is 793 g/mol. The van der Waals surface area contributed by atoms with E-state index in [1.165, 1.54) is 4.90 Å². The normalized spacial score (nSPS) is 15.7. The average Bonchev–Trinajstić information content (AvgIpc) is 3.25. The zero-order chi connectivity index (χ0) is 41.5. The lowest BCUT2D eigenvalue weighted by atomic mass is 9.92. The first-order chi connectivity index (χ1) is 28.6. The molecule has 0 saturated heterocycles. The second-order valence-corrected chi connectivity index (χ2v) is 14.7. The van der Waals surface area contributed by atoms with Crippen molar-refractivity contribution in [3.63, 3.8) is 0 Å². The molecule has 0 spiro atoms. The van der Waals surface area contributed by atoms with Crippen molar-refractivity contribution in [2.45, 2.75) is 51.1 Å². The highest BCUT2D eigenvalue weighted by Crippen LogP contribution is 2.41. The molecule has 0 fully saturated rings. The first-order valence-corrected chi connectivity index (χ1v) is 19.4. The maximum absolute atomic E-state index is 14.0. The van der Waals surface area contributed by atoms with E-state index in [4.69, 9.17) is 47.4 Å². The van der Waals surface area contributed by atoms with E-state index in [1.807, 2.05) is 54.6 Å². The first-order valence-electron chi connectivity index (χ1n) is 18.7. The van der Waals surface area contributed by atoms with Gasteiger partial charge in [0.25, 0.3) is 0 Å². The molecule has 5 aromatic rings. The van der Waals surface area contributed by atoms with E-state index in [1.54, 1.807) is 55.5 Å². The third kappa shape index (κ3) is 9.73. The van der Waals surface area contributed by atoms with Crippen molar-refractivity contribution in [1.82, 2.24) is 10.2 Å². The molecule has 2 aliphatic rings. The number of aliphatic carboxylic acids is 1. The van der Waals surface area contributed by atoms with Crippen molar-refractivity contribution in [1.29, 1.82) is 5.26 Å². The molecule has 0 bridgehead atoms. The summed E-state index contributed by atoms with van der Waals surface area (Å²) < 4.78 is 23.9. The van der Waals surface area contributed by atoms with Crippen LogP contribution < -0.4 is 19.5 Å². The molecule has 2 unspecified atom stereocenters. The summed E-state index contributed by atoms with van der Waals surface area (Å²) in [5.74, 6) is 5.13. The van der Waals surface area contributed by atoms with Gasteiger partial charge in [0.2, 0.25) is 5.91 Å². The summed E-state index contributed by atoms with van der Waals surface area (Å²) in [5, 5.41) is 22.9. The lowest BCUT2D eigenvalue weighted by Crippen LogP contribution is -2.56. The third-order valence-corrected chi connectivity index (χ3v) is 10.8. The molecule has 2 N–H and O–H groups in total. The highest BCUT2D eigenvalue weighted by molar-refractivity contribution is 6.42. The average molecular weight is 831 g/mol. The smallest absolute Gasteiger partial charge is 0.411 e. The van der Waals surface area contributed by atoms with Crippen LogP contribution >= 0.6 is 23.2 Å². The van der Waals surface area contributed by atoms with Crippen molar-refractivity contribution >= 4 is 41.2 Å². The number of rotatable bonds is 11. The monoisotopic (exact) mass is 829 g/mol. The lowest BCUT2D eigenvalue weighted by Gasteiger charge is -2.36. The van der Waals surface area contributed by atoms with Gasteiger partial charge in [-0.05, 0) is 94.4 Å². The molecule has 3 atom stereocenters. The van der Waals surface area contributed by atoms with Gasteiger partial charge in [-0.1, -0.05) is 83.7 Å². The van der Waals surface area contributed by atoms with Gasteiger partial charge in [-0.25, -0.2) is 9.59 Å². The van der Waals surface area contributed by atoms with Crippen LogP contribution in [0.3, 0.4) is 0 Å². The molecule has 0 aliphatic carbocycles. The van der Waals surface area contributed by atoms with Crippen LogP contribution in [0.25, 0.3) is 11.1 Å². The largest absolute Gasteiger partial charge is 0.489 e. The molecule has 5 aromatic carbocycles. The van der Waals surface area contributed by atoms with Gasteiger partial charge in [-0.2, -0.15) is 5.26 Å². The molecule has 298 valence electrons. The minimum Gasteiger partial charge on any atom is -0.489 e. The summed E-state index contributed by atoms with van der Waals surface area (Å²) in [7, 11) is 0.